The maximum atomic E-state index is 12.6. The fourth-order valence-electron chi connectivity index (χ4n) is 2.15. The summed E-state index contributed by atoms with van der Waals surface area (Å²) in [6.45, 7) is 13.8. The van der Waals surface area contributed by atoms with E-state index in [2.05, 4.69) is 24.1 Å². The van der Waals surface area contributed by atoms with Gasteiger partial charge in [0.25, 0.3) is 5.91 Å². The summed E-state index contributed by atoms with van der Waals surface area (Å²) < 4.78 is 0. The minimum Gasteiger partial charge on any atom is -0.370 e. The molecule has 20 heavy (non-hydrogen) atoms. The van der Waals surface area contributed by atoms with Crippen molar-refractivity contribution in [1.29, 1.82) is 0 Å². The van der Waals surface area contributed by atoms with Crippen molar-refractivity contribution in [3.05, 3.63) is 23.4 Å². The van der Waals surface area contributed by atoms with Crippen molar-refractivity contribution in [3.63, 3.8) is 0 Å². The van der Waals surface area contributed by atoms with Crippen LogP contribution in [0.4, 0.5) is 5.82 Å². The molecule has 1 aromatic rings. The Hall–Kier alpha value is -1.58. The molecule has 1 heterocycles. The molecule has 0 aliphatic heterocycles. The molecule has 1 amide bonds. The summed E-state index contributed by atoms with van der Waals surface area (Å²) in [5.41, 5.74) is 1.67. The van der Waals surface area contributed by atoms with Crippen LogP contribution in [-0.4, -0.2) is 34.9 Å². The van der Waals surface area contributed by atoms with E-state index in [1.807, 2.05) is 44.7 Å². The summed E-state index contributed by atoms with van der Waals surface area (Å²) in [4.78, 5) is 19.0. The van der Waals surface area contributed by atoms with Gasteiger partial charge >= 0.3 is 0 Å². The molecule has 0 aliphatic carbocycles. The van der Waals surface area contributed by atoms with Crippen LogP contribution in [0, 0.1) is 0 Å². The Bertz CT molecular complexity index is 455. The van der Waals surface area contributed by atoms with Crippen molar-refractivity contribution in [1.82, 2.24) is 9.88 Å². The van der Waals surface area contributed by atoms with Crippen molar-refractivity contribution >= 4 is 11.7 Å². The highest BCUT2D eigenvalue weighted by Crippen LogP contribution is 2.19. The first-order valence-electron chi connectivity index (χ1n) is 7.47. The van der Waals surface area contributed by atoms with Gasteiger partial charge in [-0.2, -0.15) is 0 Å². The van der Waals surface area contributed by atoms with Gasteiger partial charge in [-0.25, -0.2) is 4.98 Å². The molecule has 0 fully saturated rings. The SMILES string of the molecule is CCNc1cc(C(=O)N(CC)C(C)C)cc(C(C)C)n1. The average molecular weight is 277 g/mol. The molecular weight excluding hydrogens is 250 g/mol. The molecule has 4 heteroatoms. The molecule has 0 unspecified atom stereocenters. The Morgan fingerprint density at radius 1 is 1.25 bits per heavy atom. The summed E-state index contributed by atoms with van der Waals surface area (Å²) >= 11 is 0. The fraction of sp³-hybridized carbons (Fsp3) is 0.625. The van der Waals surface area contributed by atoms with Gasteiger partial charge < -0.3 is 10.2 Å². The van der Waals surface area contributed by atoms with Crippen LogP contribution in [0.1, 0.15) is 63.5 Å². The number of pyridine rings is 1. The largest absolute Gasteiger partial charge is 0.370 e. The van der Waals surface area contributed by atoms with E-state index >= 15 is 0 Å². The zero-order valence-corrected chi connectivity index (χ0v) is 13.5. The molecular formula is C16H27N3O. The minimum absolute atomic E-state index is 0.0750. The molecule has 0 bridgehead atoms. The van der Waals surface area contributed by atoms with E-state index in [-0.39, 0.29) is 11.9 Å². The zero-order chi connectivity index (χ0) is 15.3. The van der Waals surface area contributed by atoms with Crippen molar-refractivity contribution in [2.45, 2.75) is 53.5 Å². The van der Waals surface area contributed by atoms with E-state index in [9.17, 15) is 4.79 Å². The molecule has 0 saturated heterocycles. The first-order valence-corrected chi connectivity index (χ1v) is 7.47. The number of aromatic nitrogens is 1. The molecule has 0 spiro atoms. The van der Waals surface area contributed by atoms with Crippen LogP contribution < -0.4 is 5.32 Å². The lowest BCUT2D eigenvalue weighted by atomic mass is 10.1. The van der Waals surface area contributed by atoms with Gasteiger partial charge in [0.2, 0.25) is 0 Å². The van der Waals surface area contributed by atoms with E-state index < -0.39 is 0 Å². The molecule has 1 N–H and O–H groups in total. The standard InChI is InChI=1S/C16H27N3O/c1-7-17-15-10-13(9-14(18-15)11(3)4)16(20)19(8-2)12(5)6/h9-12H,7-8H2,1-6H3,(H,17,18). The van der Waals surface area contributed by atoms with Gasteiger partial charge in [-0.3, -0.25) is 4.79 Å². The highest BCUT2D eigenvalue weighted by molar-refractivity contribution is 5.95. The van der Waals surface area contributed by atoms with Gasteiger partial charge in [0.1, 0.15) is 5.82 Å². The van der Waals surface area contributed by atoms with Crippen molar-refractivity contribution in [3.8, 4) is 0 Å². The molecule has 0 atom stereocenters. The summed E-state index contributed by atoms with van der Waals surface area (Å²) in [5, 5.41) is 3.20. The lowest BCUT2D eigenvalue weighted by Gasteiger charge is -2.25. The number of nitrogens with zero attached hydrogens (tertiary/aromatic N) is 2. The van der Waals surface area contributed by atoms with Crippen LogP contribution in [0.5, 0.6) is 0 Å². The van der Waals surface area contributed by atoms with E-state index in [4.69, 9.17) is 0 Å². The van der Waals surface area contributed by atoms with E-state index in [1.54, 1.807) is 0 Å². The monoisotopic (exact) mass is 277 g/mol. The minimum atomic E-state index is 0.0750. The lowest BCUT2D eigenvalue weighted by Crippen LogP contribution is -2.36. The van der Waals surface area contributed by atoms with E-state index in [0.717, 1.165) is 23.6 Å². The third-order valence-corrected chi connectivity index (χ3v) is 3.27. The molecule has 1 rings (SSSR count). The Morgan fingerprint density at radius 2 is 1.90 bits per heavy atom. The van der Waals surface area contributed by atoms with Crippen LogP contribution in [0.15, 0.2) is 12.1 Å². The fourth-order valence-corrected chi connectivity index (χ4v) is 2.15. The van der Waals surface area contributed by atoms with Crippen LogP contribution in [0.2, 0.25) is 0 Å². The quantitative estimate of drug-likeness (QED) is 0.865. The maximum Gasteiger partial charge on any atom is 0.254 e. The van der Waals surface area contributed by atoms with Gasteiger partial charge in [0.15, 0.2) is 0 Å². The first-order chi connectivity index (χ1) is 9.40. The van der Waals surface area contributed by atoms with Crippen LogP contribution in [0.25, 0.3) is 0 Å². The Labute approximate surface area is 122 Å². The Morgan fingerprint density at radius 3 is 2.35 bits per heavy atom. The summed E-state index contributed by atoms with van der Waals surface area (Å²) in [7, 11) is 0. The lowest BCUT2D eigenvalue weighted by molar-refractivity contribution is 0.0716. The van der Waals surface area contributed by atoms with Gasteiger partial charge in [0.05, 0.1) is 0 Å². The molecule has 0 radical (unpaired) electrons. The molecule has 112 valence electrons. The number of rotatable bonds is 6. The highest BCUT2D eigenvalue weighted by atomic mass is 16.2. The molecule has 0 aromatic carbocycles. The van der Waals surface area contributed by atoms with Gasteiger partial charge in [-0.15, -0.1) is 0 Å². The maximum absolute atomic E-state index is 12.6. The molecule has 0 aliphatic rings. The third-order valence-electron chi connectivity index (χ3n) is 3.27. The number of hydrogen-bond donors (Lipinski definition) is 1. The third kappa shape index (κ3) is 3.95. The normalized spacial score (nSPS) is 11.0. The second kappa shape index (κ2) is 7.27. The average Bonchev–Trinajstić information content (AvgIpc) is 2.38. The van der Waals surface area contributed by atoms with Gasteiger partial charge in [-0.05, 0) is 45.7 Å². The predicted molar refractivity (Wildman–Crippen MR) is 84.3 cm³/mol. The van der Waals surface area contributed by atoms with Gasteiger partial charge in [-0.1, -0.05) is 13.8 Å². The number of anilines is 1. The van der Waals surface area contributed by atoms with Crippen LogP contribution >= 0.6 is 0 Å². The van der Waals surface area contributed by atoms with E-state index in [1.165, 1.54) is 0 Å². The van der Waals surface area contributed by atoms with Gasteiger partial charge in [0, 0.05) is 30.4 Å². The number of amides is 1. The summed E-state index contributed by atoms with van der Waals surface area (Å²) in [6, 6.07) is 3.97. The number of nitrogens with one attached hydrogen (secondary N) is 1. The van der Waals surface area contributed by atoms with E-state index in [0.29, 0.717) is 12.5 Å². The van der Waals surface area contributed by atoms with Crippen LogP contribution in [-0.2, 0) is 0 Å². The molecule has 0 saturated carbocycles. The molecule has 4 nitrogen and oxygen atoms in total. The topological polar surface area (TPSA) is 45.2 Å². The first kappa shape index (κ1) is 16.5. The second-order valence-electron chi connectivity index (χ2n) is 5.54. The smallest absolute Gasteiger partial charge is 0.254 e. The highest BCUT2D eigenvalue weighted by Gasteiger charge is 2.19. The summed E-state index contributed by atoms with van der Waals surface area (Å²) in [5.74, 6) is 1.15. The summed E-state index contributed by atoms with van der Waals surface area (Å²) in [6.07, 6.45) is 0. The van der Waals surface area contributed by atoms with Crippen molar-refractivity contribution in [2.24, 2.45) is 0 Å². The zero-order valence-electron chi connectivity index (χ0n) is 13.5. The molecule has 1 aromatic heterocycles. The van der Waals surface area contributed by atoms with Crippen molar-refractivity contribution in [2.75, 3.05) is 18.4 Å². The number of hydrogen-bond acceptors (Lipinski definition) is 3. The Balaban J connectivity index is 3.18. The number of carbonyl (C=O) groups excluding carboxylic acids is 1. The van der Waals surface area contributed by atoms with Crippen molar-refractivity contribution < 1.29 is 4.79 Å². The van der Waals surface area contributed by atoms with Crippen LogP contribution in [0.3, 0.4) is 0 Å². The number of carbonyl (C=O) groups is 1. The second-order valence-corrected chi connectivity index (χ2v) is 5.54. The predicted octanol–water partition coefficient (Wildman–Crippen LogP) is 3.51. The Kier molecular flexibility index (Phi) is 5.99.